The fraction of sp³-hybridized carbons (Fsp3) is 0.462. The number of hydrogen-bond acceptors (Lipinski definition) is 3. The molecule has 0 amide bonds. The van der Waals surface area contributed by atoms with Crippen molar-refractivity contribution in [2.24, 2.45) is 5.92 Å². The summed E-state index contributed by atoms with van der Waals surface area (Å²) in [4.78, 5) is 13.3. The van der Waals surface area contributed by atoms with Crippen molar-refractivity contribution in [2.75, 3.05) is 20.1 Å². The van der Waals surface area contributed by atoms with Crippen LogP contribution in [0, 0.1) is 5.92 Å². The van der Waals surface area contributed by atoms with Gasteiger partial charge in [-0.1, -0.05) is 12.1 Å². The quantitative estimate of drug-likeness (QED) is 0.815. The van der Waals surface area contributed by atoms with Gasteiger partial charge in [0.1, 0.15) is 5.75 Å². The van der Waals surface area contributed by atoms with E-state index in [-0.39, 0.29) is 17.6 Å². The van der Waals surface area contributed by atoms with E-state index in [4.69, 9.17) is 0 Å². The lowest BCUT2D eigenvalue weighted by Gasteiger charge is -2.34. The molecule has 0 radical (unpaired) electrons. The summed E-state index contributed by atoms with van der Waals surface area (Å²) in [7, 11) is 1.95. The van der Waals surface area contributed by atoms with Crippen LogP contribution in [0.2, 0.25) is 0 Å². The zero-order valence-electron chi connectivity index (χ0n) is 9.84. The van der Waals surface area contributed by atoms with Crippen molar-refractivity contribution in [3.05, 3.63) is 29.8 Å². The van der Waals surface area contributed by atoms with Gasteiger partial charge in [0.15, 0.2) is 0 Å². The SMILES string of the molecule is CN1CCC(c2ccc(O)cc2)C(C(=O)O)C1. The zero-order chi connectivity index (χ0) is 12.4. The Morgan fingerprint density at radius 2 is 2.00 bits per heavy atom. The summed E-state index contributed by atoms with van der Waals surface area (Å²) in [6.07, 6.45) is 0.845. The molecule has 1 saturated heterocycles. The van der Waals surface area contributed by atoms with E-state index in [0.29, 0.717) is 6.54 Å². The van der Waals surface area contributed by atoms with Gasteiger partial charge in [-0.15, -0.1) is 0 Å². The van der Waals surface area contributed by atoms with Crippen molar-refractivity contribution in [1.82, 2.24) is 4.90 Å². The first-order valence-corrected chi connectivity index (χ1v) is 5.78. The number of aromatic hydroxyl groups is 1. The molecule has 0 aliphatic carbocycles. The summed E-state index contributed by atoms with van der Waals surface area (Å²) >= 11 is 0. The minimum absolute atomic E-state index is 0.0456. The van der Waals surface area contributed by atoms with Gasteiger partial charge in [-0.2, -0.15) is 0 Å². The van der Waals surface area contributed by atoms with Gasteiger partial charge in [0.2, 0.25) is 0 Å². The number of rotatable bonds is 2. The lowest BCUT2D eigenvalue weighted by atomic mass is 9.80. The predicted molar refractivity (Wildman–Crippen MR) is 64.1 cm³/mol. The molecule has 17 heavy (non-hydrogen) atoms. The molecule has 2 N–H and O–H groups in total. The molecule has 0 spiro atoms. The highest BCUT2D eigenvalue weighted by Crippen LogP contribution is 2.33. The smallest absolute Gasteiger partial charge is 0.308 e. The maximum absolute atomic E-state index is 11.3. The van der Waals surface area contributed by atoms with Crippen LogP contribution in [0.15, 0.2) is 24.3 Å². The number of aliphatic carboxylic acids is 1. The number of nitrogens with zero attached hydrogens (tertiary/aromatic N) is 1. The number of piperidine rings is 1. The van der Waals surface area contributed by atoms with Gasteiger partial charge in [-0.05, 0) is 43.6 Å². The van der Waals surface area contributed by atoms with Crippen LogP contribution < -0.4 is 0 Å². The lowest BCUT2D eigenvalue weighted by molar-refractivity contribution is -0.144. The van der Waals surface area contributed by atoms with Crippen LogP contribution in [-0.2, 0) is 4.79 Å². The maximum atomic E-state index is 11.3. The number of hydrogen-bond donors (Lipinski definition) is 2. The molecule has 0 saturated carbocycles. The Morgan fingerprint density at radius 1 is 1.35 bits per heavy atom. The van der Waals surface area contributed by atoms with Gasteiger partial charge in [0, 0.05) is 6.54 Å². The van der Waals surface area contributed by atoms with Crippen molar-refractivity contribution >= 4 is 5.97 Å². The van der Waals surface area contributed by atoms with E-state index >= 15 is 0 Å². The summed E-state index contributed by atoms with van der Waals surface area (Å²) in [6, 6.07) is 6.88. The third-order valence-corrected chi connectivity index (χ3v) is 3.45. The minimum Gasteiger partial charge on any atom is -0.508 e. The van der Waals surface area contributed by atoms with Crippen LogP contribution >= 0.6 is 0 Å². The fourth-order valence-electron chi connectivity index (χ4n) is 2.49. The van der Waals surface area contributed by atoms with E-state index in [1.54, 1.807) is 12.1 Å². The monoisotopic (exact) mass is 235 g/mol. The fourth-order valence-corrected chi connectivity index (χ4v) is 2.49. The molecule has 2 rings (SSSR count). The van der Waals surface area contributed by atoms with Gasteiger partial charge in [-0.25, -0.2) is 0 Å². The van der Waals surface area contributed by atoms with E-state index in [2.05, 4.69) is 4.90 Å². The molecular formula is C13H17NO3. The van der Waals surface area contributed by atoms with E-state index in [0.717, 1.165) is 18.5 Å². The van der Waals surface area contributed by atoms with Crippen molar-refractivity contribution in [3.63, 3.8) is 0 Å². The molecule has 4 nitrogen and oxygen atoms in total. The Bertz CT molecular complexity index is 402. The van der Waals surface area contributed by atoms with Crippen LogP contribution in [0.4, 0.5) is 0 Å². The van der Waals surface area contributed by atoms with Crippen molar-refractivity contribution in [1.29, 1.82) is 0 Å². The average Bonchev–Trinajstić information content (AvgIpc) is 2.30. The second-order valence-electron chi connectivity index (χ2n) is 4.69. The second kappa shape index (κ2) is 4.75. The topological polar surface area (TPSA) is 60.8 Å². The third kappa shape index (κ3) is 2.58. The molecule has 1 aromatic carbocycles. The van der Waals surface area contributed by atoms with Crippen LogP contribution in [-0.4, -0.2) is 41.2 Å². The Hall–Kier alpha value is -1.55. The lowest BCUT2D eigenvalue weighted by Crippen LogP contribution is -2.40. The summed E-state index contributed by atoms with van der Waals surface area (Å²) in [5, 5.41) is 18.5. The first-order chi connectivity index (χ1) is 8.08. The maximum Gasteiger partial charge on any atom is 0.308 e. The molecule has 0 bridgehead atoms. The number of likely N-dealkylation sites (tertiary alicyclic amines) is 1. The van der Waals surface area contributed by atoms with Gasteiger partial charge in [-0.3, -0.25) is 4.79 Å². The second-order valence-corrected chi connectivity index (χ2v) is 4.69. The summed E-state index contributed by atoms with van der Waals surface area (Å²) in [5.74, 6) is -0.842. The number of phenols is 1. The predicted octanol–water partition coefficient (Wildman–Crippen LogP) is 1.51. The Balaban J connectivity index is 2.23. The summed E-state index contributed by atoms with van der Waals surface area (Å²) < 4.78 is 0. The first kappa shape index (κ1) is 11.9. The van der Waals surface area contributed by atoms with Crippen LogP contribution in [0.25, 0.3) is 0 Å². The molecule has 1 aliphatic heterocycles. The highest BCUT2D eigenvalue weighted by atomic mass is 16.4. The Kier molecular flexibility index (Phi) is 3.33. The average molecular weight is 235 g/mol. The van der Waals surface area contributed by atoms with E-state index in [9.17, 15) is 15.0 Å². The number of carboxylic acids is 1. The summed E-state index contributed by atoms with van der Waals surface area (Å²) in [6.45, 7) is 1.50. The van der Waals surface area contributed by atoms with E-state index in [1.807, 2.05) is 19.2 Å². The normalized spacial score (nSPS) is 25.7. The largest absolute Gasteiger partial charge is 0.508 e. The van der Waals surface area contributed by atoms with Crippen molar-refractivity contribution < 1.29 is 15.0 Å². The standard InChI is InChI=1S/C13H17NO3/c1-14-7-6-11(12(8-14)13(16)17)9-2-4-10(15)5-3-9/h2-5,11-12,15H,6-8H2,1H3,(H,16,17). The molecule has 1 aromatic rings. The highest BCUT2D eigenvalue weighted by molar-refractivity contribution is 5.72. The van der Waals surface area contributed by atoms with Crippen LogP contribution in [0.1, 0.15) is 17.9 Å². The minimum atomic E-state index is -0.741. The van der Waals surface area contributed by atoms with Crippen LogP contribution in [0.5, 0.6) is 5.75 Å². The molecule has 4 heteroatoms. The molecule has 0 aromatic heterocycles. The Labute approximate surface area is 100 Å². The van der Waals surface area contributed by atoms with Gasteiger partial charge in [0.05, 0.1) is 5.92 Å². The third-order valence-electron chi connectivity index (χ3n) is 3.45. The molecule has 92 valence electrons. The molecular weight excluding hydrogens is 218 g/mol. The molecule has 1 heterocycles. The zero-order valence-corrected chi connectivity index (χ0v) is 9.84. The van der Waals surface area contributed by atoms with E-state index in [1.165, 1.54) is 0 Å². The molecule has 1 fully saturated rings. The first-order valence-electron chi connectivity index (χ1n) is 5.78. The number of benzene rings is 1. The number of carbonyl (C=O) groups is 1. The van der Waals surface area contributed by atoms with Crippen molar-refractivity contribution in [2.45, 2.75) is 12.3 Å². The highest BCUT2D eigenvalue weighted by Gasteiger charge is 2.33. The molecule has 1 aliphatic rings. The van der Waals surface area contributed by atoms with Crippen molar-refractivity contribution in [3.8, 4) is 5.75 Å². The van der Waals surface area contributed by atoms with Crippen LogP contribution in [0.3, 0.4) is 0 Å². The number of carboxylic acid groups (broad SMARTS) is 1. The summed E-state index contributed by atoms with van der Waals surface area (Å²) in [5.41, 5.74) is 1.00. The molecule has 2 atom stereocenters. The number of phenolic OH excluding ortho intramolecular Hbond substituents is 1. The van der Waals surface area contributed by atoms with Gasteiger partial charge in [0.25, 0.3) is 0 Å². The Morgan fingerprint density at radius 3 is 2.59 bits per heavy atom. The van der Waals surface area contributed by atoms with Gasteiger partial charge < -0.3 is 15.1 Å². The van der Waals surface area contributed by atoms with Gasteiger partial charge >= 0.3 is 5.97 Å². The molecule has 2 unspecified atom stereocenters. The van der Waals surface area contributed by atoms with E-state index < -0.39 is 5.97 Å².